The highest BCUT2D eigenvalue weighted by Crippen LogP contribution is 2.19. The first-order chi connectivity index (χ1) is 12.4. The van der Waals surface area contributed by atoms with Gasteiger partial charge in [-0.1, -0.05) is 37.3 Å². The second-order valence-corrected chi connectivity index (χ2v) is 8.02. The summed E-state index contributed by atoms with van der Waals surface area (Å²) >= 11 is 1.71. The minimum absolute atomic E-state index is 0.0181. The van der Waals surface area contributed by atoms with Crippen molar-refractivity contribution in [2.24, 2.45) is 0 Å². The Bertz CT molecular complexity index is 727. The van der Waals surface area contributed by atoms with Crippen LogP contribution >= 0.6 is 11.3 Å². The van der Waals surface area contributed by atoms with Crippen LogP contribution in [0, 0.1) is 6.92 Å². The minimum Gasteiger partial charge on any atom is -0.332 e. The number of thiophene rings is 1. The first-order valence-corrected chi connectivity index (χ1v) is 9.86. The third-order valence-electron chi connectivity index (χ3n) is 4.54. The largest absolute Gasteiger partial charge is 0.332 e. The molecule has 4 nitrogen and oxygen atoms in total. The number of benzene rings is 1. The van der Waals surface area contributed by atoms with Gasteiger partial charge < -0.3 is 9.80 Å². The van der Waals surface area contributed by atoms with E-state index in [1.807, 2.05) is 49.1 Å². The standard InChI is InChI=1S/C21H28N2O2S/c1-5-16(2)23(18(4)24)15-21(25)22(13-19-9-7-6-8-10-19)14-20-12-11-17(3)26-20/h6-12,16H,5,13-15H2,1-4H3/t16-/m0/s1. The molecule has 1 atom stereocenters. The van der Waals surface area contributed by atoms with Crippen LogP contribution in [0.5, 0.6) is 0 Å². The summed E-state index contributed by atoms with van der Waals surface area (Å²) in [5.74, 6) is -0.0743. The van der Waals surface area contributed by atoms with E-state index >= 15 is 0 Å². The molecule has 0 saturated heterocycles. The van der Waals surface area contributed by atoms with Crippen LogP contribution in [0.3, 0.4) is 0 Å². The van der Waals surface area contributed by atoms with Crippen molar-refractivity contribution in [3.8, 4) is 0 Å². The van der Waals surface area contributed by atoms with Gasteiger partial charge in [0.25, 0.3) is 0 Å². The zero-order valence-corrected chi connectivity index (χ0v) is 16.9. The fourth-order valence-electron chi connectivity index (χ4n) is 2.84. The lowest BCUT2D eigenvalue weighted by Gasteiger charge is -2.30. The van der Waals surface area contributed by atoms with Crippen LogP contribution < -0.4 is 0 Å². The van der Waals surface area contributed by atoms with Gasteiger partial charge in [0.15, 0.2) is 0 Å². The molecule has 1 heterocycles. The van der Waals surface area contributed by atoms with Crippen LogP contribution in [-0.4, -0.2) is 34.2 Å². The molecule has 1 aromatic heterocycles. The van der Waals surface area contributed by atoms with Crippen molar-refractivity contribution in [1.82, 2.24) is 9.80 Å². The van der Waals surface area contributed by atoms with Crippen molar-refractivity contribution in [3.05, 3.63) is 57.8 Å². The van der Waals surface area contributed by atoms with Crippen molar-refractivity contribution in [3.63, 3.8) is 0 Å². The van der Waals surface area contributed by atoms with E-state index in [9.17, 15) is 9.59 Å². The number of carbonyl (C=O) groups excluding carboxylic acids is 2. The molecular weight excluding hydrogens is 344 g/mol. The molecule has 0 bridgehead atoms. The molecule has 0 spiro atoms. The molecule has 5 heteroatoms. The van der Waals surface area contributed by atoms with Gasteiger partial charge in [-0.2, -0.15) is 0 Å². The van der Waals surface area contributed by atoms with E-state index in [-0.39, 0.29) is 24.4 Å². The summed E-state index contributed by atoms with van der Waals surface area (Å²) in [4.78, 5) is 30.9. The average Bonchev–Trinajstić information content (AvgIpc) is 3.03. The normalized spacial score (nSPS) is 11.8. The Morgan fingerprint density at radius 2 is 1.77 bits per heavy atom. The summed E-state index contributed by atoms with van der Waals surface area (Å²) in [6.07, 6.45) is 0.829. The van der Waals surface area contributed by atoms with E-state index in [4.69, 9.17) is 0 Å². The topological polar surface area (TPSA) is 40.6 Å². The maximum Gasteiger partial charge on any atom is 0.242 e. The van der Waals surface area contributed by atoms with Gasteiger partial charge in [0.05, 0.1) is 13.1 Å². The third kappa shape index (κ3) is 5.70. The Kier molecular flexibility index (Phi) is 7.39. The second-order valence-electron chi connectivity index (χ2n) is 6.65. The quantitative estimate of drug-likeness (QED) is 0.696. The fourth-order valence-corrected chi connectivity index (χ4v) is 3.74. The monoisotopic (exact) mass is 372 g/mol. The third-order valence-corrected chi connectivity index (χ3v) is 5.53. The van der Waals surface area contributed by atoms with E-state index in [0.29, 0.717) is 13.1 Å². The lowest BCUT2D eigenvalue weighted by molar-refractivity contribution is -0.141. The van der Waals surface area contributed by atoms with Crippen LogP contribution in [0.25, 0.3) is 0 Å². The molecular formula is C21H28N2O2S. The summed E-state index contributed by atoms with van der Waals surface area (Å²) in [6.45, 7) is 8.85. The van der Waals surface area contributed by atoms with Gasteiger partial charge in [0, 0.05) is 29.3 Å². The van der Waals surface area contributed by atoms with Crippen molar-refractivity contribution in [1.29, 1.82) is 0 Å². The van der Waals surface area contributed by atoms with Gasteiger partial charge in [-0.25, -0.2) is 0 Å². The van der Waals surface area contributed by atoms with Crippen LogP contribution in [0.2, 0.25) is 0 Å². The minimum atomic E-state index is -0.0562. The zero-order valence-electron chi connectivity index (χ0n) is 16.1. The van der Waals surface area contributed by atoms with Gasteiger partial charge in [0.1, 0.15) is 0 Å². The van der Waals surface area contributed by atoms with Gasteiger partial charge in [-0.15, -0.1) is 11.3 Å². The number of hydrogen-bond acceptors (Lipinski definition) is 3. The zero-order chi connectivity index (χ0) is 19.1. The predicted molar refractivity (Wildman–Crippen MR) is 107 cm³/mol. The SMILES string of the molecule is CC[C@H](C)N(CC(=O)N(Cc1ccccc1)Cc1ccc(C)s1)C(C)=O. The molecule has 2 aromatic rings. The Labute approximate surface area is 160 Å². The molecule has 0 fully saturated rings. The summed E-state index contributed by atoms with van der Waals surface area (Å²) in [6, 6.07) is 14.2. The molecule has 2 rings (SSSR count). The molecule has 2 amide bonds. The van der Waals surface area contributed by atoms with E-state index < -0.39 is 0 Å². The molecule has 0 aliphatic carbocycles. The summed E-state index contributed by atoms with van der Waals surface area (Å²) < 4.78 is 0. The second kappa shape index (κ2) is 9.53. The van der Waals surface area contributed by atoms with Crippen molar-refractivity contribution in [2.75, 3.05) is 6.54 Å². The average molecular weight is 373 g/mol. The predicted octanol–water partition coefficient (Wildman–Crippen LogP) is 4.23. The molecule has 26 heavy (non-hydrogen) atoms. The summed E-state index contributed by atoms with van der Waals surface area (Å²) in [5.41, 5.74) is 1.09. The maximum absolute atomic E-state index is 13.0. The molecule has 0 saturated carbocycles. The Balaban J connectivity index is 2.17. The number of carbonyl (C=O) groups is 2. The number of amides is 2. The van der Waals surface area contributed by atoms with Crippen molar-refractivity contribution < 1.29 is 9.59 Å². The Hall–Kier alpha value is -2.14. The highest BCUT2D eigenvalue weighted by molar-refractivity contribution is 7.11. The van der Waals surface area contributed by atoms with E-state index in [2.05, 4.69) is 19.1 Å². The fraction of sp³-hybridized carbons (Fsp3) is 0.429. The van der Waals surface area contributed by atoms with Crippen LogP contribution in [0.4, 0.5) is 0 Å². The number of hydrogen-bond donors (Lipinski definition) is 0. The summed E-state index contributed by atoms with van der Waals surface area (Å²) in [5, 5.41) is 0. The molecule has 140 valence electrons. The van der Waals surface area contributed by atoms with Crippen LogP contribution in [-0.2, 0) is 22.7 Å². The molecule has 0 unspecified atom stereocenters. The van der Waals surface area contributed by atoms with E-state index in [1.165, 1.54) is 11.8 Å². The molecule has 0 aliphatic rings. The van der Waals surface area contributed by atoms with Crippen LogP contribution in [0.1, 0.15) is 42.5 Å². The van der Waals surface area contributed by atoms with Crippen molar-refractivity contribution >= 4 is 23.2 Å². The summed E-state index contributed by atoms with van der Waals surface area (Å²) in [7, 11) is 0. The molecule has 0 radical (unpaired) electrons. The van der Waals surface area contributed by atoms with E-state index in [1.54, 1.807) is 16.2 Å². The lowest BCUT2D eigenvalue weighted by atomic mass is 10.2. The Morgan fingerprint density at radius 3 is 2.31 bits per heavy atom. The smallest absolute Gasteiger partial charge is 0.242 e. The molecule has 0 aliphatic heterocycles. The number of rotatable bonds is 8. The highest BCUT2D eigenvalue weighted by atomic mass is 32.1. The highest BCUT2D eigenvalue weighted by Gasteiger charge is 2.23. The van der Waals surface area contributed by atoms with Gasteiger partial charge in [-0.3, -0.25) is 9.59 Å². The molecule has 0 N–H and O–H groups in total. The lowest BCUT2D eigenvalue weighted by Crippen LogP contribution is -2.45. The van der Waals surface area contributed by atoms with Crippen LogP contribution in [0.15, 0.2) is 42.5 Å². The Morgan fingerprint density at radius 1 is 1.08 bits per heavy atom. The van der Waals surface area contributed by atoms with E-state index in [0.717, 1.165) is 16.9 Å². The number of nitrogens with zero attached hydrogens (tertiary/aromatic N) is 2. The van der Waals surface area contributed by atoms with Gasteiger partial charge >= 0.3 is 0 Å². The van der Waals surface area contributed by atoms with Gasteiger partial charge in [0.2, 0.25) is 11.8 Å². The van der Waals surface area contributed by atoms with Crippen molar-refractivity contribution in [2.45, 2.75) is 53.2 Å². The molecule has 1 aromatic carbocycles. The first-order valence-electron chi connectivity index (χ1n) is 9.05. The maximum atomic E-state index is 13.0. The van der Waals surface area contributed by atoms with Gasteiger partial charge in [-0.05, 0) is 38.0 Å². The number of aryl methyl sites for hydroxylation is 1. The first kappa shape index (κ1) is 20.2.